The maximum absolute atomic E-state index is 11.7. The van der Waals surface area contributed by atoms with Crippen molar-refractivity contribution < 1.29 is 9.53 Å². The third kappa shape index (κ3) is 3.68. The van der Waals surface area contributed by atoms with Crippen molar-refractivity contribution in [3.8, 4) is 0 Å². The first-order valence-corrected chi connectivity index (χ1v) is 5.39. The molecule has 4 nitrogen and oxygen atoms in total. The van der Waals surface area contributed by atoms with E-state index < -0.39 is 0 Å². The Morgan fingerprint density at radius 3 is 2.80 bits per heavy atom. The van der Waals surface area contributed by atoms with Crippen molar-refractivity contribution in [3.63, 3.8) is 0 Å². The van der Waals surface area contributed by atoms with Crippen LogP contribution in [0.2, 0.25) is 0 Å². The molecule has 0 aliphatic carbocycles. The SMILES string of the molecule is COCC(C)(C)NC(=O)c1cc(Br)c[nH]1. The van der Waals surface area contributed by atoms with Gasteiger partial charge in [-0.25, -0.2) is 0 Å². The number of hydrogen-bond donors (Lipinski definition) is 2. The van der Waals surface area contributed by atoms with E-state index in [-0.39, 0.29) is 11.4 Å². The van der Waals surface area contributed by atoms with Crippen molar-refractivity contribution in [2.24, 2.45) is 0 Å². The number of carbonyl (C=O) groups excluding carboxylic acids is 1. The Morgan fingerprint density at radius 1 is 1.67 bits per heavy atom. The van der Waals surface area contributed by atoms with Gasteiger partial charge in [-0.1, -0.05) is 0 Å². The molecule has 0 aromatic carbocycles. The molecule has 0 saturated heterocycles. The van der Waals surface area contributed by atoms with Crippen LogP contribution in [0.15, 0.2) is 16.7 Å². The van der Waals surface area contributed by atoms with E-state index in [9.17, 15) is 4.79 Å². The van der Waals surface area contributed by atoms with Crippen LogP contribution in [0.1, 0.15) is 24.3 Å². The van der Waals surface area contributed by atoms with Crippen LogP contribution >= 0.6 is 15.9 Å². The van der Waals surface area contributed by atoms with E-state index in [0.717, 1.165) is 4.47 Å². The Morgan fingerprint density at radius 2 is 2.33 bits per heavy atom. The summed E-state index contributed by atoms with van der Waals surface area (Å²) in [5.41, 5.74) is 0.162. The highest BCUT2D eigenvalue weighted by atomic mass is 79.9. The summed E-state index contributed by atoms with van der Waals surface area (Å²) in [7, 11) is 1.61. The number of nitrogens with one attached hydrogen (secondary N) is 2. The van der Waals surface area contributed by atoms with E-state index in [1.165, 1.54) is 0 Å². The molecule has 0 bridgehead atoms. The molecule has 0 aliphatic heterocycles. The molecule has 1 aromatic rings. The van der Waals surface area contributed by atoms with E-state index in [4.69, 9.17) is 4.74 Å². The molecule has 15 heavy (non-hydrogen) atoms. The van der Waals surface area contributed by atoms with Crippen molar-refractivity contribution in [2.75, 3.05) is 13.7 Å². The van der Waals surface area contributed by atoms with Crippen LogP contribution in [-0.4, -0.2) is 30.1 Å². The second-order valence-corrected chi connectivity index (χ2v) is 4.92. The largest absolute Gasteiger partial charge is 0.382 e. The average Bonchev–Trinajstić information content (AvgIpc) is 2.50. The van der Waals surface area contributed by atoms with Gasteiger partial charge in [0.1, 0.15) is 5.69 Å². The molecule has 0 fully saturated rings. The van der Waals surface area contributed by atoms with Crippen LogP contribution in [-0.2, 0) is 4.74 Å². The van der Waals surface area contributed by atoms with Gasteiger partial charge in [-0.15, -0.1) is 0 Å². The lowest BCUT2D eigenvalue weighted by Crippen LogP contribution is -2.46. The predicted octanol–water partition coefficient (Wildman–Crippen LogP) is 1.93. The molecule has 5 heteroatoms. The highest BCUT2D eigenvalue weighted by molar-refractivity contribution is 9.10. The zero-order valence-electron chi connectivity index (χ0n) is 9.06. The molecule has 0 aliphatic rings. The lowest BCUT2D eigenvalue weighted by Gasteiger charge is -2.24. The number of rotatable bonds is 4. The molecule has 0 spiro atoms. The number of H-pyrrole nitrogens is 1. The minimum absolute atomic E-state index is 0.136. The Kier molecular flexibility index (Phi) is 3.93. The standard InChI is InChI=1S/C10H15BrN2O2/c1-10(2,6-15-3)13-9(14)8-4-7(11)5-12-8/h4-5,12H,6H2,1-3H3,(H,13,14). The summed E-state index contributed by atoms with van der Waals surface area (Å²) in [6, 6.07) is 1.73. The summed E-state index contributed by atoms with van der Waals surface area (Å²) in [4.78, 5) is 14.6. The highest BCUT2D eigenvalue weighted by Gasteiger charge is 2.21. The van der Waals surface area contributed by atoms with Crippen molar-refractivity contribution in [3.05, 3.63) is 22.4 Å². The number of aromatic amines is 1. The predicted molar refractivity (Wildman–Crippen MR) is 61.9 cm³/mol. The summed E-state index contributed by atoms with van der Waals surface area (Å²) in [6.45, 7) is 4.29. The molecule has 1 heterocycles. The zero-order valence-corrected chi connectivity index (χ0v) is 10.6. The number of methoxy groups -OCH3 is 1. The van der Waals surface area contributed by atoms with Gasteiger partial charge in [-0.05, 0) is 35.8 Å². The first-order chi connectivity index (χ1) is 6.94. The smallest absolute Gasteiger partial charge is 0.268 e. The molecule has 84 valence electrons. The zero-order chi connectivity index (χ0) is 11.5. The van der Waals surface area contributed by atoms with E-state index >= 15 is 0 Å². The van der Waals surface area contributed by atoms with E-state index in [1.807, 2.05) is 13.8 Å². The minimum Gasteiger partial charge on any atom is -0.382 e. The summed E-state index contributed by atoms with van der Waals surface area (Å²) in [6.07, 6.45) is 1.72. The van der Waals surface area contributed by atoms with E-state index in [1.54, 1.807) is 19.4 Å². The van der Waals surface area contributed by atoms with Crippen LogP contribution < -0.4 is 5.32 Å². The van der Waals surface area contributed by atoms with Crippen molar-refractivity contribution in [2.45, 2.75) is 19.4 Å². The Balaban J connectivity index is 2.63. The number of aromatic nitrogens is 1. The molecule has 1 rings (SSSR count). The van der Waals surface area contributed by atoms with E-state index in [2.05, 4.69) is 26.2 Å². The van der Waals surface area contributed by atoms with Gasteiger partial charge in [0.2, 0.25) is 0 Å². The van der Waals surface area contributed by atoms with Gasteiger partial charge in [0.25, 0.3) is 5.91 Å². The van der Waals surface area contributed by atoms with Crippen molar-refractivity contribution in [1.29, 1.82) is 0 Å². The average molecular weight is 275 g/mol. The molecule has 1 amide bonds. The molecule has 0 radical (unpaired) electrons. The summed E-state index contributed by atoms with van der Waals surface area (Å²) in [5.74, 6) is -0.136. The monoisotopic (exact) mass is 274 g/mol. The van der Waals surface area contributed by atoms with Crippen LogP contribution in [0.4, 0.5) is 0 Å². The van der Waals surface area contributed by atoms with Crippen LogP contribution in [0.5, 0.6) is 0 Å². The molecule has 1 aromatic heterocycles. The fraction of sp³-hybridized carbons (Fsp3) is 0.500. The normalized spacial score (nSPS) is 11.5. The quantitative estimate of drug-likeness (QED) is 0.882. The lowest BCUT2D eigenvalue weighted by atomic mass is 10.1. The topological polar surface area (TPSA) is 54.1 Å². The van der Waals surface area contributed by atoms with Crippen LogP contribution in [0, 0.1) is 0 Å². The van der Waals surface area contributed by atoms with Gasteiger partial charge in [0.15, 0.2) is 0 Å². The first kappa shape index (κ1) is 12.3. The number of hydrogen-bond acceptors (Lipinski definition) is 2. The second kappa shape index (κ2) is 4.81. The number of ether oxygens (including phenoxy) is 1. The van der Waals surface area contributed by atoms with Gasteiger partial charge < -0.3 is 15.0 Å². The molecule has 0 unspecified atom stereocenters. The molecule has 0 atom stereocenters. The molecular formula is C10H15BrN2O2. The maximum atomic E-state index is 11.7. The fourth-order valence-corrected chi connectivity index (χ4v) is 1.61. The van der Waals surface area contributed by atoms with Crippen molar-refractivity contribution >= 4 is 21.8 Å². The third-order valence-corrected chi connectivity index (χ3v) is 2.31. The van der Waals surface area contributed by atoms with Gasteiger partial charge >= 0.3 is 0 Å². The van der Waals surface area contributed by atoms with Gasteiger partial charge in [-0.3, -0.25) is 4.79 Å². The number of amides is 1. The Bertz CT molecular complexity index is 347. The highest BCUT2D eigenvalue weighted by Crippen LogP contribution is 2.11. The Hall–Kier alpha value is -0.810. The Labute approximate surface area is 97.5 Å². The molecule has 0 saturated carbocycles. The molecule has 2 N–H and O–H groups in total. The van der Waals surface area contributed by atoms with Crippen LogP contribution in [0.25, 0.3) is 0 Å². The second-order valence-electron chi connectivity index (χ2n) is 4.00. The third-order valence-electron chi connectivity index (χ3n) is 1.85. The van der Waals surface area contributed by atoms with Gasteiger partial charge in [0.05, 0.1) is 12.1 Å². The van der Waals surface area contributed by atoms with Crippen molar-refractivity contribution in [1.82, 2.24) is 10.3 Å². The number of carbonyl (C=O) groups is 1. The summed E-state index contributed by atoms with van der Waals surface area (Å²) >= 11 is 3.27. The van der Waals surface area contributed by atoms with Gasteiger partial charge in [-0.2, -0.15) is 0 Å². The van der Waals surface area contributed by atoms with Gasteiger partial charge in [0, 0.05) is 17.8 Å². The number of halogens is 1. The lowest BCUT2D eigenvalue weighted by molar-refractivity contribution is 0.0816. The summed E-state index contributed by atoms with van der Waals surface area (Å²) in [5, 5.41) is 2.87. The fourth-order valence-electron chi connectivity index (χ4n) is 1.27. The molecular weight excluding hydrogens is 260 g/mol. The summed E-state index contributed by atoms with van der Waals surface area (Å²) < 4.78 is 5.87. The minimum atomic E-state index is -0.372. The maximum Gasteiger partial charge on any atom is 0.268 e. The van der Waals surface area contributed by atoms with E-state index in [0.29, 0.717) is 12.3 Å². The van der Waals surface area contributed by atoms with Crippen LogP contribution in [0.3, 0.4) is 0 Å². The first-order valence-electron chi connectivity index (χ1n) is 4.60.